The van der Waals surface area contributed by atoms with E-state index in [4.69, 9.17) is 4.74 Å². The van der Waals surface area contributed by atoms with Crippen LogP contribution in [0.4, 0.5) is 0 Å². The van der Waals surface area contributed by atoms with Gasteiger partial charge in [-0.3, -0.25) is 25.1 Å². The Labute approximate surface area is 256 Å². The number of carbonyl (C=O) groups excluding carboxylic acids is 2. The van der Waals surface area contributed by atoms with Crippen molar-refractivity contribution < 1.29 is 14.3 Å². The molecule has 6 fully saturated rings. The van der Waals surface area contributed by atoms with Gasteiger partial charge in [0.15, 0.2) is 12.1 Å². The molecular weight excluding hydrogens is 548 g/mol. The summed E-state index contributed by atoms with van der Waals surface area (Å²) in [5.41, 5.74) is 0. The van der Waals surface area contributed by atoms with Crippen LogP contribution in [-0.2, 0) is 14.3 Å². The predicted octanol–water partition coefficient (Wildman–Crippen LogP) is 2.93. The van der Waals surface area contributed by atoms with Crippen molar-refractivity contribution in [3.05, 3.63) is 12.7 Å². The number of rotatable bonds is 6. The lowest BCUT2D eigenvalue weighted by Crippen LogP contribution is -2.75. The maximum absolute atomic E-state index is 14.6. The third kappa shape index (κ3) is 5.82. The van der Waals surface area contributed by atoms with Crippen molar-refractivity contribution in [3.63, 3.8) is 0 Å². The van der Waals surface area contributed by atoms with E-state index >= 15 is 0 Å². The Bertz CT molecular complexity index is 1070. The van der Waals surface area contributed by atoms with Crippen molar-refractivity contribution in [1.82, 2.24) is 25.3 Å². The average Bonchev–Trinajstić information content (AvgIpc) is 3.42. The molecule has 9 nitrogen and oxygen atoms in total. The molecule has 10 heteroatoms. The van der Waals surface area contributed by atoms with Crippen molar-refractivity contribution in [3.8, 4) is 6.07 Å². The molecule has 0 radical (unpaired) electrons. The zero-order valence-corrected chi connectivity index (χ0v) is 26.3. The van der Waals surface area contributed by atoms with Crippen LogP contribution in [0.5, 0.6) is 0 Å². The number of hydrogen-bond donors (Lipinski definition) is 2. The van der Waals surface area contributed by atoms with Gasteiger partial charge in [0.05, 0.1) is 42.1 Å². The molecule has 6 aliphatic rings. The molecule has 0 bridgehead atoms. The summed E-state index contributed by atoms with van der Waals surface area (Å²) in [7, 11) is 2.16. The van der Waals surface area contributed by atoms with Crippen LogP contribution in [0.25, 0.3) is 0 Å². The molecule has 1 spiro atoms. The van der Waals surface area contributed by atoms with Crippen LogP contribution < -0.4 is 10.6 Å². The summed E-state index contributed by atoms with van der Waals surface area (Å²) in [4.78, 5) is 33.7. The van der Waals surface area contributed by atoms with E-state index in [2.05, 4.69) is 47.1 Å². The van der Waals surface area contributed by atoms with Crippen molar-refractivity contribution >= 4 is 23.5 Å². The highest BCUT2D eigenvalue weighted by Gasteiger charge is 2.57. The monoisotopic (exact) mass is 598 g/mol. The van der Waals surface area contributed by atoms with Gasteiger partial charge in [-0.05, 0) is 76.5 Å². The summed E-state index contributed by atoms with van der Waals surface area (Å²) in [6.07, 6.45) is 11.4. The van der Waals surface area contributed by atoms with Crippen LogP contribution in [0.2, 0.25) is 0 Å². The third-order valence-corrected chi connectivity index (χ3v) is 13.5. The SMILES string of the molecule is C=CC(=O)N1CCN(C2NC(OCC3CCCN3C)NC3C(=O)[C@]4(CCC5C(C)CCCC5S4)CCC32)CC1CC#N. The van der Waals surface area contributed by atoms with Gasteiger partial charge in [-0.15, -0.1) is 11.8 Å². The van der Waals surface area contributed by atoms with E-state index in [0.29, 0.717) is 43.3 Å². The van der Waals surface area contributed by atoms with E-state index in [1.54, 1.807) is 4.90 Å². The second-order valence-corrected chi connectivity index (χ2v) is 15.4. The number of ether oxygens (including phenoxy) is 1. The molecule has 2 aliphatic carbocycles. The van der Waals surface area contributed by atoms with Crippen molar-refractivity contribution in [2.75, 3.05) is 39.8 Å². The van der Waals surface area contributed by atoms with Gasteiger partial charge in [0, 0.05) is 36.8 Å². The van der Waals surface area contributed by atoms with Gasteiger partial charge in [-0.2, -0.15) is 5.26 Å². The molecular formula is C32H50N6O3S. The van der Waals surface area contributed by atoms with E-state index < -0.39 is 6.35 Å². The van der Waals surface area contributed by atoms with Gasteiger partial charge < -0.3 is 14.5 Å². The first-order valence-corrected chi connectivity index (χ1v) is 17.3. The summed E-state index contributed by atoms with van der Waals surface area (Å²) in [5, 5.41) is 17.6. The van der Waals surface area contributed by atoms with Crippen LogP contribution in [0.1, 0.15) is 71.1 Å². The van der Waals surface area contributed by atoms with Gasteiger partial charge in [-0.25, -0.2) is 0 Å². The van der Waals surface area contributed by atoms with Gasteiger partial charge in [0.25, 0.3) is 0 Å². The first-order valence-electron chi connectivity index (χ1n) is 16.4. The van der Waals surface area contributed by atoms with Gasteiger partial charge in [0.2, 0.25) is 5.91 Å². The van der Waals surface area contributed by atoms with Crippen molar-refractivity contribution in [1.29, 1.82) is 5.26 Å². The number of fused-ring (bicyclic) bond motifs is 2. The van der Waals surface area contributed by atoms with Gasteiger partial charge in [0.1, 0.15) is 0 Å². The van der Waals surface area contributed by atoms with Crippen LogP contribution in [-0.4, -0.2) is 107 Å². The quantitative estimate of drug-likeness (QED) is 0.447. The number of nitrogens with one attached hydrogen (secondary N) is 2. The van der Waals surface area contributed by atoms with Gasteiger partial charge in [-0.1, -0.05) is 26.3 Å². The first-order chi connectivity index (χ1) is 20.3. The highest BCUT2D eigenvalue weighted by molar-refractivity contribution is 8.02. The highest BCUT2D eigenvalue weighted by atomic mass is 32.2. The van der Waals surface area contributed by atoms with Crippen LogP contribution in [0, 0.1) is 29.1 Å². The molecule has 10 atom stereocenters. The number of likely N-dealkylation sites (tertiary alicyclic amines) is 1. The smallest absolute Gasteiger partial charge is 0.246 e. The molecule has 0 aromatic rings. The zero-order valence-electron chi connectivity index (χ0n) is 25.5. The summed E-state index contributed by atoms with van der Waals surface area (Å²) in [6.45, 7) is 9.65. The molecule has 42 heavy (non-hydrogen) atoms. The fourth-order valence-corrected chi connectivity index (χ4v) is 11.2. The number of ketones is 1. The number of hydrogen-bond acceptors (Lipinski definition) is 9. The van der Waals surface area contributed by atoms with Gasteiger partial charge >= 0.3 is 0 Å². The van der Waals surface area contributed by atoms with E-state index in [9.17, 15) is 14.9 Å². The summed E-state index contributed by atoms with van der Waals surface area (Å²) in [5.74, 6) is 1.89. The van der Waals surface area contributed by atoms with Crippen molar-refractivity contribution in [2.45, 2.75) is 112 Å². The molecule has 4 aliphatic heterocycles. The summed E-state index contributed by atoms with van der Waals surface area (Å²) in [6, 6.07) is 2.23. The van der Waals surface area contributed by atoms with Crippen LogP contribution in [0.15, 0.2) is 12.7 Å². The molecule has 4 heterocycles. The van der Waals surface area contributed by atoms with Crippen LogP contribution in [0.3, 0.4) is 0 Å². The lowest BCUT2D eigenvalue weighted by Gasteiger charge is -2.56. The van der Waals surface area contributed by atoms with Crippen LogP contribution >= 0.6 is 11.8 Å². The molecule has 4 saturated heterocycles. The lowest BCUT2D eigenvalue weighted by molar-refractivity contribution is -0.145. The van der Waals surface area contributed by atoms with Crippen molar-refractivity contribution in [2.24, 2.45) is 17.8 Å². The van der Waals surface area contributed by atoms with E-state index in [1.165, 1.54) is 38.2 Å². The molecule has 9 unspecified atom stereocenters. The lowest BCUT2D eigenvalue weighted by atomic mass is 9.69. The Morgan fingerprint density at radius 2 is 1.93 bits per heavy atom. The summed E-state index contributed by atoms with van der Waals surface area (Å²) >= 11 is 2.03. The minimum atomic E-state index is -0.414. The average molecular weight is 599 g/mol. The Morgan fingerprint density at radius 1 is 1.12 bits per heavy atom. The fourth-order valence-electron chi connectivity index (χ4n) is 9.05. The Hall–Kier alpha value is -1.48. The fraction of sp³-hybridized carbons (Fsp3) is 0.844. The maximum atomic E-state index is 14.6. The molecule has 2 saturated carbocycles. The molecule has 232 valence electrons. The Kier molecular flexibility index (Phi) is 9.35. The topological polar surface area (TPSA) is 101 Å². The number of piperazine rings is 1. The molecule has 0 aromatic heterocycles. The number of thioether (sulfide) groups is 1. The molecule has 0 aromatic carbocycles. The number of carbonyl (C=O) groups is 2. The maximum Gasteiger partial charge on any atom is 0.246 e. The second-order valence-electron chi connectivity index (χ2n) is 13.8. The third-order valence-electron chi connectivity index (χ3n) is 11.5. The Balaban J connectivity index is 1.22. The standard InChI is InChI=1S/C32H50N6O3S/c1-4-27(39)38-18-17-37(19-22(38)12-15-33)30-25-11-14-32(13-10-24-21(2)7-5-9-26(24)42-32)29(40)28(25)34-31(35-30)41-20-23-8-6-16-36(23)3/h4,21-26,28,30-31,34-35H,1,5-14,16-20H2,2-3H3/t21?,22?,23?,24?,25?,26?,28?,30?,31?,32-/m0/s1. The second kappa shape index (κ2) is 12.9. The van der Waals surface area contributed by atoms with E-state index in [-0.39, 0.29) is 41.2 Å². The van der Waals surface area contributed by atoms with E-state index in [1.807, 2.05) is 11.8 Å². The minimum absolute atomic E-state index is 0.0536. The first kappa shape index (κ1) is 30.5. The summed E-state index contributed by atoms with van der Waals surface area (Å²) < 4.78 is 6.21. The zero-order chi connectivity index (χ0) is 29.4. The molecule has 1 amide bonds. The van der Waals surface area contributed by atoms with E-state index in [0.717, 1.165) is 44.1 Å². The molecule has 2 N–H and O–H groups in total. The minimum Gasteiger partial charge on any atom is -0.348 e. The predicted molar refractivity (Wildman–Crippen MR) is 164 cm³/mol. The number of likely N-dealkylation sites (N-methyl/N-ethyl adjacent to an activating group) is 1. The number of nitriles is 1. The number of amides is 1. The Morgan fingerprint density at radius 3 is 2.67 bits per heavy atom. The highest BCUT2D eigenvalue weighted by Crippen LogP contribution is 2.55. The largest absolute Gasteiger partial charge is 0.348 e. The molecule has 6 rings (SSSR count). The number of nitrogens with zero attached hydrogens (tertiary/aromatic N) is 4. The number of Topliss-reactive ketones (excluding diaryl/α,β-unsaturated/α-hetero) is 1. The normalized spacial score (nSPS) is 43.0.